The molecule has 3 aromatic rings. The summed E-state index contributed by atoms with van der Waals surface area (Å²) >= 11 is 1.59. The molecule has 0 spiro atoms. The predicted octanol–water partition coefficient (Wildman–Crippen LogP) is 2.26. The second-order valence-electron chi connectivity index (χ2n) is 7.48. The van der Waals surface area contributed by atoms with Gasteiger partial charge in [0.05, 0.1) is 49.0 Å². The molecule has 2 aromatic heterocycles. The summed E-state index contributed by atoms with van der Waals surface area (Å²) in [6, 6.07) is 12.3. The van der Waals surface area contributed by atoms with Crippen LogP contribution in [0.3, 0.4) is 0 Å². The number of fused-ring (bicyclic) bond motifs is 1. The topological polar surface area (TPSA) is 42.6 Å². The lowest BCUT2D eigenvalue weighted by Gasteiger charge is -2.23. The Bertz CT molecular complexity index is 906. The zero-order valence-corrected chi connectivity index (χ0v) is 16.9. The molecule has 1 aliphatic heterocycles. The van der Waals surface area contributed by atoms with Crippen LogP contribution >= 0.6 is 11.3 Å². The summed E-state index contributed by atoms with van der Waals surface area (Å²) in [7, 11) is 1.95. The van der Waals surface area contributed by atoms with Crippen LogP contribution in [0.2, 0.25) is 0 Å². The first-order valence-corrected chi connectivity index (χ1v) is 10.5. The van der Waals surface area contributed by atoms with Crippen LogP contribution in [0.4, 0.5) is 0 Å². The van der Waals surface area contributed by atoms with Crippen LogP contribution in [0.1, 0.15) is 33.9 Å². The van der Waals surface area contributed by atoms with E-state index in [0.29, 0.717) is 6.54 Å². The van der Waals surface area contributed by atoms with E-state index in [4.69, 9.17) is 0 Å². The molecule has 0 bridgehead atoms. The average molecular weight is 384 g/mol. The van der Waals surface area contributed by atoms with Gasteiger partial charge in [0.25, 0.3) is 5.91 Å². The molecule has 6 heteroatoms. The Morgan fingerprint density at radius 1 is 1.26 bits per heavy atom. The average Bonchev–Trinajstić information content (AvgIpc) is 3.38. The fourth-order valence-electron chi connectivity index (χ4n) is 3.92. The van der Waals surface area contributed by atoms with Crippen molar-refractivity contribution in [1.82, 2.24) is 14.7 Å². The number of carbonyl (C=O) groups excluding carboxylic acids is 1. The fourth-order valence-corrected chi connectivity index (χ4v) is 4.95. The summed E-state index contributed by atoms with van der Waals surface area (Å²) in [5, 5.41) is 5.59. The van der Waals surface area contributed by atoms with Crippen LogP contribution < -0.4 is 4.90 Å². The van der Waals surface area contributed by atoms with Crippen molar-refractivity contribution in [2.45, 2.75) is 26.3 Å². The molecule has 1 aliphatic rings. The molecule has 3 heterocycles. The second-order valence-corrected chi connectivity index (χ2v) is 8.57. The van der Waals surface area contributed by atoms with E-state index in [0.717, 1.165) is 34.7 Å². The van der Waals surface area contributed by atoms with Gasteiger partial charge >= 0.3 is 0 Å². The van der Waals surface area contributed by atoms with Gasteiger partial charge < -0.3 is 9.80 Å². The summed E-state index contributed by atoms with van der Waals surface area (Å²) in [5.74, 6) is 0.133. The zero-order valence-electron chi connectivity index (χ0n) is 16.1. The largest absolute Gasteiger partial charge is 0.333 e. The number of likely N-dealkylation sites (tertiary alicyclic amines) is 1. The monoisotopic (exact) mass is 383 g/mol. The molecule has 1 amide bonds. The Hall–Kier alpha value is -2.18. The van der Waals surface area contributed by atoms with Gasteiger partial charge in [0.15, 0.2) is 0 Å². The highest BCUT2D eigenvalue weighted by Gasteiger charge is 2.23. The summed E-state index contributed by atoms with van der Waals surface area (Å²) in [6.07, 6.45) is 2.61. The number of thiophene rings is 1. The van der Waals surface area contributed by atoms with Crippen molar-refractivity contribution in [3.63, 3.8) is 0 Å². The quantitative estimate of drug-likeness (QED) is 0.710. The number of carbonyl (C=O) groups is 1. The number of quaternary nitrogens is 1. The summed E-state index contributed by atoms with van der Waals surface area (Å²) in [5.41, 5.74) is 2.07. The molecule has 142 valence electrons. The van der Waals surface area contributed by atoms with Crippen molar-refractivity contribution in [3.05, 3.63) is 52.7 Å². The molecule has 4 rings (SSSR count). The second kappa shape index (κ2) is 7.82. The third kappa shape index (κ3) is 4.06. The molecule has 27 heavy (non-hydrogen) atoms. The van der Waals surface area contributed by atoms with Gasteiger partial charge in [0.1, 0.15) is 0 Å². The zero-order chi connectivity index (χ0) is 18.8. The van der Waals surface area contributed by atoms with Crippen molar-refractivity contribution in [3.8, 4) is 0 Å². The number of rotatable bonds is 6. The predicted molar refractivity (Wildman–Crippen MR) is 109 cm³/mol. The van der Waals surface area contributed by atoms with E-state index in [1.54, 1.807) is 16.2 Å². The number of hydrogen-bond donors (Lipinski definition) is 1. The van der Waals surface area contributed by atoms with Gasteiger partial charge in [-0.15, -0.1) is 11.3 Å². The molecule has 0 atom stereocenters. The van der Waals surface area contributed by atoms with Crippen molar-refractivity contribution >= 4 is 27.3 Å². The van der Waals surface area contributed by atoms with Gasteiger partial charge in [-0.1, -0.05) is 18.2 Å². The Kier molecular flexibility index (Phi) is 5.27. The van der Waals surface area contributed by atoms with Crippen LogP contribution in [0.15, 0.2) is 36.4 Å². The standard InChI is InChI=1S/C21H26N4OS/c1-16-13-18(23(2)22-16)15-25(12-11-24-9-5-6-10-24)21(26)20-14-17-7-3-4-8-19(17)27-20/h3-4,7-8,13-14H,5-6,9-12,15H2,1-2H3/p+1. The van der Waals surface area contributed by atoms with Gasteiger partial charge in [0.2, 0.25) is 0 Å². The molecule has 0 unspecified atom stereocenters. The van der Waals surface area contributed by atoms with E-state index in [1.165, 1.54) is 30.6 Å². The fraction of sp³-hybridized carbons (Fsp3) is 0.429. The van der Waals surface area contributed by atoms with E-state index in [-0.39, 0.29) is 5.91 Å². The Balaban J connectivity index is 1.56. The number of aryl methyl sites for hydroxylation is 2. The van der Waals surface area contributed by atoms with Crippen LogP contribution in [0.5, 0.6) is 0 Å². The van der Waals surface area contributed by atoms with Crippen molar-refractivity contribution in [1.29, 1.82) is 0 Å². The first kappa shape index (κ1) is 18.2. The van der Waals surface area contributed by atoms with Gasteiger partial charge in [-0.2, -0.15) is 5.10 Å². The first-order chi connectivity index (χ1) is 13.1. The highest BCUT2D eigenvalue weighted by Crippen LogP contribution is 2.26. The molecule has 5 nitrogen and oxygen atoms in total. The lowest BCUT2D eigenvalue weighted by Crippen LogP contribution is -3.10. The number of amides is 1. The molecule has 1 fully saturated rings. The van der Waals surface area contributed by atoms with Gasteiger partial charge in [0, 0.05) is 24.6 Å². The Morgan fingerprint density at radius 2 is 2.04 bits per heavy atom. The number of aromatic nitrogens is 2. The summed E-state index contributed by atoms with van der Waals surface area (Å²) < 4.78 is 3.06. The minimum Gasteiger partial charge on any atom is -0.333 e. The Labute approximate surface area is 164 Å². The number of hydrogen-bond acceptors (Lipinski definition) is 3. The maximum atomic E-state index is 13.3. The maximum Gasteiger partial charge on any atom is 0.264 e. The molecule has 0 radical (unpaired) electrons. The molecule has 0 saturated carbocycles. The van der Waals surface area contributed by atoms with E-state index < -0.39 is 0 Å². The number of nitrogens with zero attached hydrogens (tertiary/aromatic N) is 3. The molecule has 1 saturated heterocycles. The van der Waals surface area contributed by atoms with Crippen molar-refractivity contribution in [2.24, 2.45) is 7.05 Å². The van der Waals surface area contributed by atoms with Crippen molar-refractivity contribution < 1.29 is 9.69 Å². The smallest absolute Gasteiger partial charge is 0.264 e. The van der Waals surface area contributed by atoms with Crippen LogP contribution in [0, 0.1) is 6.92 Å². The molecule has 1 aromatic carbocycles. The number of nitrogens with one attached hydrogen (secondary N) is 1. The first-order valence-electron chi connectivity index (χ1n) is 9.71. The highest BCUT2D eigenvalue weighted by molar-refractivity contribution is 7.20. The van der Waals surface area contributed by atoms with Crippen molar-refractivity contribution in [2.75, 3.05) is 26.2 Å². The van der Waals surface area contributed by atoms with Gasteiger partial charge in [-0.25, -0.2) is 0 Å². The highest BCUT2D eigenvalue weighted by atomic mass is 32.1. The minimum absolute atomic E-state index is 0.133. The Morgan fingerprint density at radius 3 is 2.74 bits per heavy atom. The molecular formula is C21H27N4OS+. The minimum atomic E-state index is 0.133. The number of benzene rings is 1. The molecule has 1 N–H and O–H groups in total. The van der Waals surface area contributed by atoms with E-state index >= 15 is 0 Å². The van der Waals surface area contributed by atoms with Crippen LogP contribution in [-0.4, -0.2) is 46.8 Å². The lowest BCUT2D eigenvalue weighted by molar-refractivity contribution is -0.886. The SMILES string of the molecule is Cc1cc(CN(CC[NH+]2CCCC2)C(=O)c2cc3ccccc3s2)n(C)n1. The van der Waals surface area contributed by atoms with Crippen LogP contribution in [0.25, 0.3) is 10.1 Å². The van der Waals surface area contributed by atoms with Gasteiger partial charge in [-0.3, -0.25) is 9.48 Å². The van der Waals surface area contributed by atoms with E-state index in [2.05, 4.69) is 23.3 Å². The van der Waals surface area contributed by atoms with Gasteiger partial charge in [-0.05, 0) is 30.5 Å². The molecular weight excluding hydrogens is 356 g/mol. The maximum absolute atomic E-state index is 13.3. The van der Waals surface area contributed by atoms with E-state index in [9.17, 15) is 4.79 Å². The van der Waals surface area contributed by atoms with Crippen LogP contribution in [-0.2, 0) is 13.6 Å². The third-order valence-corrected chi connectivity index (χ3v) is 6.53. The lowest BCUT2D eigenvalue weighted by atomic mass is 10.2. The third-order valence-electron chi connectivity index (χ3n) is 5.42. The normalized spacial score (nSPS) is 14.9. The van der Waals surface area contributed by atoms with E-state index in [1.807, 2.05) is 41.8 Å². The summed E-state index contributed by atoms with van der Waals surface area (Å²) in [6.45, 7) is 6.87. The summed E-state index contributed by atoms with van der Waals surface area (Å²) in [4.78, 5) is 17.8. The molecule has 0 aliphatic carbocycles.